The van der Waals surface area contributed by atoms with E-state index in [1.165, 1.54) is 23.1 Å². The van der Waals surface area contributed by atoms with Gasteiger partial charge in [-0.3, -0.25) is 9.78 Å². The number of methoxy groups -OCH3 is 1. The van der Waals surface area contributed by atoms with E-state index in [4.69, 9.17) is 9.47 Å². The van der Waals surface area contributed by atoms with Gasteiger partial charge in [0.25, 0.3) is 5.92 Å². The Morgan fingerprint density at radius 1 is 1.27 bits per heavy atom. The van der Waals surface area contributed by atoms with Crippen LogP contribution < -0.4 is 10.1 Å². The number of nitriles is 1. The van der Waals surface area contributed by atoms with E-state index in [-0.39, 0.29) is 34.9 Å². The molecule has 188 valence electrons. The van der Waals surface area contributed by atoms with Crippen molar-refractivity contribution < 1.29 is 18.3 Å². The van der Waals surface area contributed by atoms with Gasteiger partial charge in [0.15, 0.2) is 22.9 Å². The van der Waals surface area contributed by atoms with Crippen LogP contribution in [0.2, 0.25) is 0 Å². The zero-order valence-electron chi connectivity index (χ0n) is 19.8. The predicted molar refractivity (Wildman–Crippen MR) is 127 cm³/mol. The first-order valence-corrected chi connectivity index (χ1v) is 11.4. The minimum atomic E-state index is -2.93. The predicted octanol–water partition coefficient (Wildman–Crippen LogP) is 3.88. The molecule has 5 aromatic rings. The molecular weight excluding hydrogens is 486 g/mol. The number of nitrogens with one attached hydrogen (secondary N) is 2. The molecule has 0 radical (unpaired) electrons. The number of ether oxygens (including phenoxy) is 2. The van der Waals surface area contributed by atoms with E-state index in [0.29, 0.717) is 48.1 Å². The Morgan fingerprint density at radius 3 is 2.92 bits per heavy atom. The lowest BCUT2D eigenvalue weighted by Gasteiger charge is -2.22. The van der Waals surface area contributed by atoms with Crippen LogP contribution in [0.15, 0.2) is 24.5 Å². The molecule has 1 aliphatic rings. The summed E-state index contributed by atoms with van der Waals surface area (Å²) in [6.07, 6.45) is 3.06. The maximum atomic E-state index is 14.3. The zero-order chi connectivity index (χ0) is 25.7. The second kappa shape index (κ2) is 8.49. The molecule has 6 rings (SSSR count). The van der Waals surface area contributed by atoms with Gasteiger partial charge in [-0.1, -0.05) is 0 Å². The molecular formula is C23H20F2N10O2. The van der Waals surface area contributed by atoms with Crippen molar-refractivity contribution in [3.05, 3.63) is 41.5 Å². The number of aromatic amines is 1. The van der Waals surface area contributed by atoms with Gasteiger partial charge >= 0.3 is 0 Å². The van der Waals surface area contributed by atoms with Crippen LogP contribution in [0, 0.1) is 11.3 Å². The molecule has 0 unspecified atom stereocenters. The van der Waals surface area contributed by atoms with Crippen molar-refractivity contribution in [2.45, 2.75) is 31.9 Å². The van der Waals surface area contributed by atoms with Crippen LogP contribution in [-0.4, -0.2) is 46.6 Å². The van der Waals surface area contributed by atoms with Gasteiger partial charge in [0.1, 0.15) is 28.6 Å². The number of hydrogen-bond donors (Lipinski definition) is 2. The maximum Gasteiger partial charge on any atom is 0.289 e. The smallest absolute Gasteiger partial charge is 0.289 e. The number of nitrogens with zero attached hydrogens (tertiary/aromatic N) is 8. The van der Waals surface area contributed by atoms with E-state index in [9.17, 15) is 14.0 Å². The molecule has 5 aromatic heterocycles. The second-order valence-electron chi connectivity index (χ2n) is 8.62. The number of fused-ring (bicyclic) bond motifs is 3. The molecule has 0 bridgehead atoms. The number of rotatable bonds is 6. The molecule has 2 N–H and O–H groups in total. The van der Waals surface area contributed by atoms with E-state index < -0.39 is 5.92 Å². The first-order chi connectivity index (χ1) is 17.9. The van der Waals surface area contributed by atoms with Gasteiger partial charge in [-0.05, 0) is 12.5 Å². The highest BCUT2D eigenvalue weighted by Gasteiger charge is 2.38. The lowest BCUT2D eigenvalue weighted by atomic mass is 10.1. The lowest BCUT2D eigenvalue weighted by Crippen LogP contribution is -2.25. The largest absolute Gasteiger partial charge is 0.453 e. The highest BCUT2D eigenvalue weighted by Crippen LogP contribution is 2.38. The summed E-state index contributed by atoms with van der Waals surface area (Å²) < 4.78 is 42.6. The number of halogens is 2. The first-order valence-electron chi connectivity index (χ1n) is 11.4. The molecule has 0 saturated heterocycles. The summed E-state index contributed by atoms with van der Waals surface area (Å²) in [7, 11) is 3.26. The molecule has 12 nitrogen and oxygen atoms in total. The van der Waals surface area contributed by atoms with E-state index in [1.54, 1.807) is 24.8 Å². The van der Waals surface area contributed by atoms with Gasteiger partial charge in [0.05, 0.1) is 24.7 Å². The van der Waals surface area contributed by atoms with Crippen LogP contribution in [0.3, 0.4) is 0 Å². The fourth-order valence-corrected chi connectivity index (χ4v) is 4.45. The summed E-state index contributed by atoms with van der Waals surface area (Å²) in [4.78, 5) is 13.1. The minimum absolute atomic E-state index is 0.136. The maximum absolute atomic E-state index is 14.3. The quantitative estimate of drug-likeness (QED) is 0.350. The van der Waals surface area contributed by atoms with E-state index in [2.05, 4.69) is 41.6 Å². The highest BCUT2D eigenvalue weighted by molar-refractivity contribution is 5.84. The molecule has 1 aliphatic heterocycles. The van der Waals surface area contributed by atoms with Gasteiger partial charge < -0.3 is 19.4 Å². The fraction of sp³-hybridized carbons (Fsp3) is 0.304. The fourth-order valence-electron chi connectivity index (χ4n) is 4.45. The Kier molecular flexibility index (Phi) is 5.23. The standard InChI is InChI=1S/C23H20F2N10O2/c1-34-19-14(8-26)16(37-12-6-13-15(11-36-2)31-32-20(13)27-9-12)10-28-21(19)30-22(34)29-18-7-17-23(24,25)4-3-5-35(17)33-18/h6-7,9-10H,3-5,11H2,1-2H3,(H,27,31,32)(H,28,29,30,33). The highest BCUT2D eigenvalue weighted by atomic mass is 19.3. The van der Waals surface area contributed by atoms with E-state index >= 15 is 0 Å². The van der Waals surface area contributed by atoms with Gasteiger partial charge in [0, 0.05) is 38.6 Å². The average molecular weight is 506 g/mol. The van der Waals surface area contributed by atoms with Gasteiger partial charge in [-0.2, -0.15) is 29.2 Å². The number of alkyl halides is 2. The molecule has 0 saturated carbocycles. The number of H-pyrrole nitrogens is 1. The van der Waals surface area contributed by atoms with E-state index in [0.717, 1.165) is 5.39 Å². The van der Waals surface area contributed by atoms with Crippen LogP contribution in [0.25, 0.3) is 22.2 Å². The molecule has 0 spiro atoms. The molecule has 14 heteroatoms. The van der Waals surface area contributed by atoms with Crippen molar-refractivity contribution in [3.63, 3.8) is 0 Å². The van der Waals surface area contributed by atoms with Crippen molar-refractivity contribution in [1.29, 1.82) is 5.26 Å². The summed E-state index contributed by atoms with van der Waals surface area (Å²) in [5.41, 5.74) is 2.01. The first kappa shape index (κ1) is 22.8. The monoisotopic (exact) mass is 506 g/mol. The number of pyridine rings is 2. The van der Waals surface area contributed by atoms with Crippen LogP contribution >= 0.6 is 0 Å². The molecule has 0 aliphatic carbocycles. The third-order valence-corrected chi connectivity index (χ3v) is 6.21. The minimum Gasteiger partial charge on any atom is -0.453 e. The summed E-state index contributed by atoms with van der Waals surface area (Å²) >= 11 is 0. The normalized spacial score (nSPS) is 14.6. The Morgan fingerprint density at radius 2 is 2.14 bits per heavy atom. The molecule has 37 heavy (non-hydrogen) atoms. The van der Waals surface area contributed by atoms with Gasteiger partial charge in [-0.15, -0.1) is 0 Å². The molecule has 6 heterocycles. The Labute approximate surface area is 207 Å². The number of aromatic nitrogens is 8. The lowest BCUT2D eigenvalue weighted by molar-refractivity contribution is -0.0364. The van der Waals surface area contributed by atoms with Crippen molar-refractivity contribution in [2.75, 3.05) is 12.4 Å². The average Bonchev–Trinajstić information content (AvgIpc) is 3.56. The molecule has 0 aromatic carbocycles. The van der Waals surface area contributed by atoms with Crippen LogP contribution in [-0.2, 0) is 30.9 Å². The summed E-state index contributed by atoms with van der Waals surface area (Å²) in [5, 5.41) is 24.9. The van der Waals surface area contributed by atoms with Crippen molar-refractivity contribution >= 4 is 34.0 Å². The molecule has 0 fully saturated rings. The third-order valence-electron chi connectivity index (χ3n) is 6.21. The van der Waals surface area contributed by atoms with Crippen LogP contribution in [0.5, 0.6) is 11.5 Å². The Balaban J connectivity index is 1.34. The SMILES string of the molecule is COCc1n[nH]c2ncc(Oc3cnc4nc(Nc5cc6n(n5)CCCC6(F)F)n(C)c4c3C#N)cc12. The van der Waals surface area contributed by atoms with E-state index in [1.807, 2.05) is 0 Å². The number of imidazole rings is 1. The van der Waals surface area contributed by atoms with Gasteiger partial charge in [-0.25, -0.2) is 9.97 Å². The van der Waals surface area contributed by atoms with Crippen molar-refractivity contribution in [2.24, 2.45) is 7.05 Å². The summed E-state index contributed by atoms with van der Waals surface area (Å²) in [6.45, 7) is 0.715. The summed E-state index contributed by atoms with van der Waals surface area (Å²) in [5.74, 6) is -1.82. The summed E-state index contributed by atoms with van der Waals surface area (Å²) in [6, 6.07) is 5.23. The second-order valence-corrected chi connectivity index (χ2v) is 8.62. The van der Waals surface area contributed by atoms with Crippen molar-refractivity contribution in [1.82, 2.24) is 39.5 Å². The molecule has 0 amide bonds. The number of anilines is 2. The Hall–Kier alpha value is -4.64. The molecule has 0 atom stereocenters. The Bertz CT molecular complexity index is 1700. The zero-order valence-corrected chi connectivity index (χ0v) is 19.8. The number of hydrogen-bond acceptors (Lipinski definition) is 9. The number of aryl methyl sites for hydroxylation is 2. The van der Waals surface area contributed by atoms with Crippen molar-refractivity contribution in [3.8, 4) is 17.6 Å². The van der Waals surface area contributed by atoms with Gasteiger partial charge in [0.2, 0.25) is 5.95 Å². The van der Waals surface area contributed by atoms with Crippen LogP contribution in [0.1, 0.15) is 29.8 Å². The van der Waals surface area contributed by atoms with Crippen LogP contribution in [0.4, 0.5) is 20.5 Å². The topological polar surface area (TPSA) is 144 Å². The third kappa shape index (κ3) is 3.80.